The SMILES string of the molecule is CC(Cl)(C=O)P(=O)(O)O. The zero-order valence-electron chi connectivity index (χ0n) is 4.61. The quantitative estimate of drug-likeness (QED) is 0.357. The Hall–Kier alpha value is 0.110. The maximum Gasteiger partial charge on any atom is 0.353 e. The normalized spacial score (nSPS) is 18.7. The van der Waals surface area contributed by atoms with Crippen LogP contribution in [0.2, 0.25) is 0 Å². The van der Waals surface area contributed by atoms with Crippen molar-refractivity contribution in [3.63, 3.8) is 0 Å². The van der Waals surface area contributed by atoms with Gasteiger partial charge in [-0.2, -0.15) is 0 Å². The molecule has 0 radical (unpaired) electrons. The average Bonchev–Trinajstić information content (AvgIpc) is 1.64. The van der Waals surface area contributed by atoms with Gasteiger partial charge in [0.05, 0.1) is 0 Å². The molecule has 0 aliphatic rings. The lowest BCUT2D eigenvalue weighted by Gasteiger charge is -2.14. The van der Waals surface area contributed by atoms with E-state index in [4.69, 9.17) is 21.4 Å². The molecule has 0 aliphatic heterocycles. The van der Waals surface area contributed by atoms with Gasteiger partial charge >= 0.3 is 7.60 Å². The highest BCUT2D eigenvalue weighted by molar-refractivity contribution is 7.56. The van der Waals surface area contributed by atoms with Crippen molar-refractivity contribution in [3.8, 4) is 0 Å². The summed E-state index contributed by atoms with van der Waals surface area (Å²) in [5.74, 6) is 0. The van der Waals surface area contributed by atoms with Gasteiger partial charge in [0.15, 0.2) is 10.9 Å². The highest BCUT2D eigenvalue weighted by Gasteiger charge is 2.40. The van der Waals surface area contributed by atoms with E-state index in [0.29, 0.717) is 0 Å². The molecule has 1 atom stereocenters. The molecule has 0 saturated heterocycles. The molecule has 0 aromatic heterocycles. The number of halogens is 1. The van der Waals surface area contributed by atoms with Gasteiger partial charge in [-0.15, -0.1) is 0 Å². The molecule has 0 rings (SSSR count). The Balaban J connectivity index is 4.54. The summed E-state index contributed by atoms with van der Waals surface area (Å²) in [4.78, 5) is 26.4. The summed E-state index contributed by atoms with van der Waals surface area (Å²) in [5, 5.41) is 0. The van der Waals surface area contributed by atoms with Gasteiger partial charge < -0.3 is 14.6 Å². The number of carbonyl (C=O) groups is 1. The molecule has 4 nitrogen and oxygen atoms in total. The van der Waals surface area contributed by atoms with Crippen LogP contribution in [0.5, 0.6) is 0 Å². The predicted octanol–water partition coefficient (Wildman–Crippen LogP) is 0.318. The Morgan fingerprint density at radius 2 is 2.00 bits per heavy atom. The van der Waals surface area contributed by atoms with Crippen molar-refractivity contribution in [2.24, 2.45) is 0 Å². The van der Waals surface area contributed by atoms with E-state index in [0.717, 1.165) is 6.92 Å². The summed E-state index contributed by atoms with van der Waals surface area (Å²) in [6.07, 6.45) is 0.0231. The molecule has 54 valence electrons. The molecule has 0 fully saturated rings. The first-order valence-electron chi connectivity index (χ1n) is 2.02. The van der Waals surface area contributed by atoms with Crippen LogP contribution in [0.4, 0.5) is 0 Å². The molecule has 0 aromatic carbocycles. The minimum absolute atomic E-state index is 0.0231. The first-order valence-corrected chi connectivity index (χ1v) is 4.01. The highest BCUT2D eigenvalue weighted by Crippen LogP contribution is 2.51. The monoisotopic (exact) mass is 172 g/mol. The highest BCUT2D eigenvalue weighted by atomic mass is 35.5. The molecule has 0 aromatic rings. The van der Waals surface area contributed by atoms with Gasteiger partial charge in [-0.3, -0.25) is 4.57 Å². The van der Waals surface area contributed by atoms with E-state index in [1.807, 2.05) is 0 Å². The lowest BCUT2D eigenvalue weighted by Crippen LogP contribution is -2.17. The number of hydrogen-bond donors (Lipinski definition) is 2. The average molecular weight is 173 g/mol. The van der Waals surface area contributed by atoms with Crippen LogP contribution >= 0.6 is 19.2 Å². The molecular weight excluding hydrogens is 166 g/mol. The van der Waals surface area contributed by atoms with Crippen LogP contribution in [-0.4, -0.2) is 20.7 Å². The molecule has 0 aliphatic carbocycles. The minimum Gasteiger partial charge on any atom is -0.323 e. The first-order chi connectivity index (χ1) is 3.81. The smallest absolute Gasteiger partial charge is 0.323 e. The van der Waals surface area contributed by atoms with Gasteiger partial charge in [0.2, 0.25) is 0 Å². The summed E-state index contributed by atoms with van der Waals surface area (Å²) >= 11 is 5.07. The van der Waals surface area contributed by atoms with Gasteiger partial charge in [-0.05, 0) is 6.92 Å². The molecule has 0 amide bonds. The fourth-order valence-corrected chi connectivity index (χ4v) is 0.206. The van der Waals surface area contributed by atoms with Crippen LogP contribution in [0.25, 0.3) is 0 Å². The maximum atomic E-state index is 10.2. The van der Waals surface area contributed by atoms with Crippen LogP contribution in [0, 0.1) is 0 Å². The number of carbonyl (C=O) groups excluding carboxylic acids is 1. The van der Waals surface area contributed by atoms with Crippen molar-refractivity contribution in [3.05, 3.63) is 0 Å². The third-order valence-electron chi connectivity index (χ3n) is 0.785. The van der Waals surface area contributed by atoms with Gasteiger partial charge in [-0.1, -0.05) is 11.6 Å². The second-order valence-electron chi connectivity index (χ2n) is 1.69. The molecule has 9 heavy (non-hydrogen) atoms. The zero-order valence-corrected chi connectivity index (χ0v) is 6.26. The van der Waals surface area contributed by atoms with Gasteiger partial charge in [0.1, 0.15) is 0 Å². The maximum absolute atomic E-state index is 10.2. The summed E-state index contributed by atoms with van der Waals surface area (Å²) in [6, 6.07) is 0. The van der Waals surface area contributed by atoms with E-state index in [1.165, 1.54) is 0 Å². The van der Waals surface area contributed by atoms with Crippen LogP contribution in [-0.2, 0) is 9.36 Å². The number of aldehydes is 1. The minimum atomic E-state index is -4.47. The lowest BCUT2D eigenvalue weighted by molar-refractivity contribution is -0.108. The summed E-state index contributed by atoms with van der Waals surface area (Å²) in [5.41, 5.74) is 0. The fraction of sp³-hybridized carbons (Fsp3) is 0.667. The van der Waals surface area contributed by atoms with E-state index < -0.39 is 12.2 Å². The molecule has 2 N–H and O–H groups in total. The van der Waals surface area contributed by atoms with E-state index in [9.17, 15) is 9.36 Å². The van der Waals surface area contributed by atoms with Crippen molar-refractivity contribution < 1.29 is 19.1 Å². The summed E-state index contributed by atoms with van der Waals surface area (Å²) in [7, 11) is -4.47. The van der Waals surface area contributed by atoms with Gasteiger partial charge in [0, 0.05) is 0 Å². The Bertz CT molecular complexity index is 159. The van der Waals surface area contributed by atoms with Crippen molar-refractivity contribution in [1.82, 2.24) is 0 Å². The molecule has 0 spiro atoms. The number of hydrogen-bond acceptors (Lipinski definition) is 2. The van der Waals surface area contributed by atoms with Crippen molar-refractivity contribution in [2.75, 3.05) is 0 Å². The fourth-order valence-electron chi connectivity index (χ4n) is 0.0687. The predicted molar refractivity (Wildman–Crippen MR) is 32.4 cm³/mol. The molecule has 6 heteroatoms. The van der Waals surface area contributed by atoms with Gasteiger partial charge in [0.25, 0.3) is 0 Å². The van der Waals surface area contributed by atoms with Crippen LogP contribution < -0.4 is 0 Å². The van der Waals surface area contributed by atoms with E-state index >= 15 is 0 Å². The molecular formula is C3H6ClO4P. The number of rotatable bonds is 2. The Morgan fingerprint density at radius 1 is 1.67 bits per heavy atom. The first kappa shape index (κ1) is 9.11. The van der Waals surface area contributed by atoms with E-state index in [2.05, 4.69) is 0 Å². The summed E-state index contributed by atoms with van der Waals surface area (Å²) < 4.78 is 8.15. The van der Waals surface area contributed by atoms with E-state index in [1.54, 1.807) is 0 Å². The second-order valence-corrected chi connectivity index (χ2v) is 4.75. The number of alkyl halides is 1. The Labute approximate surface area is 57.0 Å². The Kier molecular flexibility index (Phi) is 2.41. The second kappa shape index (κ2) is 2.39. The topological polar surface area (TPSA) is 74.6 Å². The van der Waals surface area contributed by atoms with Crippen LogP contribution in [0.15, 0.2) is 0 Å². The molecule has 0 saturated carbocycles. The van der Waals surface area contributed by atoms with Gasteiger partial charge in [-0.25, -0.2) is 0 Å². The van der Waals surface area contributed by atoms with E-state index in [-0.39, 0.29) is 6.29 Å². The van der Waals surface area contributed by atoms with Crippen molar-refractivity contribution in [1.29, 1.82) is 0 Å². The van der Waals surface area contributed by atoms with Crippen molar-refractivity contribution >= 4 is 25.5 Å². The third-order valence-corrected chi connectivity index (χ3v) is 2.78. The lowest BCUT2D eigenvalue weighted by atomic mass is 10.5. The van der Waals surface area contributed by atoms with Crippen molar-refractivity contribution in [2.45, 2.75) is 11.5 Å². The standard InChI is InChI=1S/C3H6ClO4P/c1-3(4,2-5)9(6,7)8/h2H,1H3,(H2,6,7,8). The third kappa shape index (κ3) is 2.06. The van der Waals surface area contributed by atoms with Crippen LogP contribution in [0.3, 0.4) is 0 Å². The van der Waals surface area contributed by atoms with Crippen LogP contribution in [0.1, 0.15) is 6.92 Å². The largest absolute Gasteiger partial charge is 0.353 e. The summed E-state index contributed by atoms with van der Waals surface area (Å²) in [6.45, 7) is 0.961. The molecule has 0 heterocycles. The Morgan fingerprint density at radius 3 is 2.00 bits per heavy atom. The zero-order chi connectivity index (χ0) is 7.71. The molecule has 0 bridgehead atoms. The molecule has 1 unspecified atom stereocenters.